The Morgan fingerprint density at radius 3 is 2.67 bits per heavy atom. The van der Waals surface area contributed by atoms with Gasteiger partial charge in [0.05, 0.1) is 25.4 Å². The van der Waals surface area contributed by atoms with Crippen LogP contribution < -0.4 is 5.32 Å². The number of halogens is 1. The second-order valence-corrected chi connectivity index (χ2v) is 6.60. The van der Waals surface area contributed by atoms with E-state index in [0.29, 0.717) is 16.7 Å². The predicted octanol–water partition coefficient (Wildman–Crippen LogP) is 3.35. The van der Waals surface area contributed by atoms with Crippen LogP contribution in [-0.2, 0) is 16.1 Å². The molecular weight excluding hydrogens is 351 g/mol. The summed E-state index contributed by atoms with van der Waals surface area (Å²) in [6.07, 6.45) is 1.51. The van der Waals surface area contributed by atoms with Gasteiger partial charge in [-0.3, -0.25) is 4.79 Å². The average molecular weight is 372 g/mol. The van der Waals surface area contributed by atoms with Crippen LogP contribution in [0.2, 0.25) is 0 Å². The van der Waals surface area contributed by atoms with Gasteiger partial charge in [-0.15, -0.1) is 0 Å². The number of carbonyl (C=O) groups excluding carboxylic acids is 2. The van der Waals surface area contributed by atoms with E-state index in [1.165, 1.54) is 19.4 Å². The van der Waals surface area contributed by atoms with Crippen molar-refractivity contribution < 1.29 is 23.1 Å². The molecule has 0 aliphatic carbocycles. The minimum absolute atomic E-state index is 0.153. The van der Waals surface area contributed by atoms with E-state index in [1.807, 2.05) is 13.8 Å². The number of amides is 1. The zero-order valence-corrected chi connectivity index (χ0v) is 15.4. The van der Waals surface area contributed by atoms with Gasteiger partial charge in [0.15, 0.2) is 5.58 Å². The Morgan fingerprint density at radius 1 is 1.26 bits per heavy atom. The van der Waals surface area contributed by atoms with E-state index in [2.05, 4.69) is 5.32 Å². The van der Waals surface area contributed by atoms with Crippen molar-refractivity contribution in [1.82, 2.24) is 9.88 Å². The molecule has 2 aromatic heterocycles. The number of hydrogen-bond acceptors (Lipinski definition) is 4. The Labute approximate surface area is 155 Å². The van der Waals surface area contributed by atoms with Crippen LogP contribution in [0.3, 0.4) is 0 Å². The van der Waals surface area contributed by atoms with Gasteiger partial charge in [0.2, 0.25) is 0 Å². The molecule has 3 aromatic rings. The summed E-state index contributed by atoms with van der Waals surface area (Å²) in [5.74, 6) is -1.49. The topological polar surface area (TPSA) is 73.5 Å². The Hall–Kier alpha value is -3.09. The normalized spacial score (nSPS) is 12.3. The van der Waals surface area contributed by atoms with Gasteiger partial charge in [0.25, 0.3) is 5.91 Å². The third-order valence-electron chi connectivity index (χ3n) is 4.45. The molecule has 27 heavy (non-hydrogen) atoms. The van der Waals surface area contributed by atoms with E-state index in [0.717, 1.165) is 0 Å². The highest BCUT2D eigenvalue weighted by molar-refractivity contribution is 5.99. The zero-order valence-electron chi connectivity index (χ0n) is 15.4. The highest BCUT2D eigenvalue weighted by Gasteiger charge is 2.27. The van der Waals surface area contributed by atoms with E-state index < -0.39 is 17.9 Å². The number of esters is 1. The smallest absolute Gasteiger partial charge is 0.328 e. The summed E-state index contributed by atoms with van der Waals surface area (Å²) < 4.78 is 25.9. The van der Waals surface area contributed by atoms with Crippen LogP contribution in [0.1, 0.15) is 29.9 Å². The van der Waals surface area contributed by atoms with Gasteiger partial charge in [0.1, 0.15) is 17.6 Å². The van der Waals surface area contributed by atoms with E-state index in [4.69, 9.17) is 9.15 Å². The van der Waals surface area contributed by atoms with Crippen LogP contribution in [0.4, 0.5) is 4.39 Å². The number of furan rings is 1. The van der Waals surface area contributed by atoms with Gasteiger partial charge in [-0.25, -0.2) is 9.18 Å². The van der Waals surface area contributed by atoms with Gasteiger partial charge in [0, 0.05) is 17.7 Å². The fourth-order valence-electron chi connectivity index (χ4n) is 2.97. The lowest BCUT2D eigenvalue weighted by atomic mass is 10.0. The average Bonchev–Trinajstić information content (AvgIpc) is 3.23. The van der Waals surface area contributed by atoms with Crippen LogP contribution in [0.5, 0.6) is 0 Å². The number of benzene rings is 1. The lowest BCUT2D eigenvalue weighted by molar-refractivity contribution is -0.144. The number of rotatable bonds is 6. The molecule has 0 saturated carbocycles. The molecular formula is C20H21FN2O4. The SMILES string of the molecule is COC(=O)[C@H](NC(=O)c1cc2occc2n1Cc1ccccc1F)C(C)C. The molecule has 7 heteroatoms. The molecule has 0 spiro atoms. The molecule has 6 nitrogen and oxygen atoms in total. The molecule has 0 saturated heterocycles. The number of hydrogen-bond donors (Lipinski definition) is 1. The quantitative estimate of drug-likeness (QED) is 0.674. The van der Waals surface area contributed by atoms with E-state index in [1.54, 1.807) is 34.9 Å². The fraction of sp³-hybridized carbons (Fsp3) is 0.300. The number of nitrogens with zero attached hydrogens (tertiary/aromatic N) is 1. The molecule has 142 valence electrons. The number of fused-ring (bicyclic) bond motifs is 1. The van der Waals surface area contributed by atoms with Gasteiger partial charge < -0.3 is 19.0 Å². The maximum Gasteiger partial charge on any atom is 0.328 e. The van der Waals surface area contributed by atoms with E-state index in [9.17, 15) is 14.0 Å². The molecule has 0 unspecified atom stereocenters. The Bertz CT molecular complexity index is 973. The second kappa shape index (κ2) is 7.65. The van der Waals surface area contributed by atoms with Crippen LogP contribution in [-0.4, -0.2) is 29.6 Å². The molecule has 0 aliphatic rings. The maximum absolute atomic E-state index is 14.1. The largest absolute Gasteiger partial charge is 0.467 e. The number of nitrogens with one attached hydrogen (secondary N) is 1. The van der Waals surface area contributed by atoms with Crippen molar-refractivity contribution in [3.63, 3.8) is 0 Å². The van der Waals surface area contributed by atoms with Gasteiger partial charge >= 0.3 is 5.97 Å². The Balaban J connectivity index is 1.96. The molecule has 0 bridgehead atoms. The molecule has 1 atom stereocenters. The summed E-state index contributed by atoms with van der Waals surface area (Å²) in [4.78, 5) is 24.8. The van der Waals surface area contributed by atoms with Crippen molar-refractivity contribution in [2.75, 3.05) is 7.11 Å². The highest BCUT2D eigenvalue weighted by Crippen LogP contribution is 2.23. The lowest BCUT2D eigenvalue weighted by Gasteiger charge is -2.20. The minimum Gasteiger partial charge on any atom is -0.467 e. The summed E-state index contributed by atoms with van der Waals surface area (Å²) in [7, 11) is 1.28. The standard InChI is InChI=1S/C20H21FN2O4/c1-12(2)18(20(25)26-3)22-19(24)16-10-17-15(8-9-27-17)23(16)11-13-6-4-5-7-14(13)21/h4-10,12,18H,11H2,1-3H3,(H,22,24)/t18-/m1/s1. The maximum atomic E-state index is 14.1. The van der Waals surface area contributed by atoms with Crippen molar-refractivity contribution in [2.24, 2.45) is 5.92 Å². The van der Waals surface area contributed by atoms with Crippen LogP contribution in [0, 0.1) is 11.7 Å². The van der Waals surface area contributed by atoms with E-state index in [-0.39, 0.29) is 24.0 Å². The summed E-state index contributed by atoms with van der Waals surface area (Å²) >= 11 is 0. The lowest BCUT2D eigenvalue weighted by Crippen LogP contribution is -2.45. The second-order valence-electron chi connectivity index (χ2n) is 6.60. The van der Waals surface area contributed by atoms with Crippen molar-refractivity contribution >= 4 is 23.0 Å². The number of aromatic nitrogens is 1. The zero-order chi connectivity index (χ0) is 19.6. The van der Waals surface area contributed by atoms with Crippen molar-refractivity contribution in [1.29, 1.82) is 0 Å². The fourth-order valence-corrected chi connectivity index (χ4v) is 2.97. The highest BCUT2D eigenvalue weighted by atomic mass is 19.1. The molecule has 2 heterocycles. The molecule has 1 amide bonds. The molecule has 1 N–H and O–H groups in total. The molecule has 0 aliphatic heterocycles. The van der Waals surface area contributed by atoms with Gasteiger partial charge in [-0.2, -0.15) is 0 Å². The molecule has 0 radical (unpaired) electrons. The van der Waals surface area contributed by atoms with Crippen LogP contribution in [0.15, 0.2) is 47.1 Å². The number of ether oxygens (including phenoxy) is 1. The third kappa shape index (κ3) is 3.72. The first-order valence-electron chi connectivity index (χ1n) is 8.61. The predicted molar refractivity (Wildman–Crippen MR) is 97.8 cm³/mol. The summed E-state index contributed by atoms with van der Waals surface area (Å²) in [5, 5.41) is 2.71. The molecule has 0 fully saturated rings. The first kappa shape index (κ1) is 18.7. The molecule has 1 aromatic carbocycles. The van der Waals surface area contributed by atoms with E-state index >= 15 is 0 Å². The number of carbonyl (C=O) groups is 2. The van der Waals surface area contributed by atoms with Crippen molar-refractivity contribution in [3.05, 3.63) is 59.7 Å². The Kier molecular flexibility index (Phi) is 5.30. The third-order valence-corrected chi connectivity index (χ3v) is 4.45. The number of methoxy groups -OCH3 is 1. The monoisotopic (exact) mass is 372 g/mol. The summed E-state index contributed by atoms with van der Waals surface area (Å²) in [6.45, 7) is 3.78. The van der Waals surface area contributed by atoms with Gasteiger partial charge in [-0.05, 0) is 12.0 Å². The van der Waals surface area contributed by atoms with Crippen molar-refractivity contribution in [2.45, 2.75) is 26.4 Å². The van der Waals surface area contributed by atoms with Crippen molar-refractivity contribution in [3.8, 4) is 0 Å². The Morgan fingerprint density at radius 2 is 2.00 bits per heavy atom. The minimum atomic E-state index is -0.786. The summed E-state index contributed by atoms with van der Waals surface area (Å²) in [6, 6.07) is 8.89. The van der Waals surface area contributed by atoms with Crippen LogP contribution >= 0.6 is 0 Å². The van der Waals surface area contributed by atoms with Gasteiger partial charge in [-0.1, -0.05) is 32.0 Å². The first-order valence-corrected chi connectivity index (χ1v) is 8.61. The van der Waals surface area contributed by atoms with Crippen LogP contribution in [0.25, 0.3) is 11.1 Å². The summed E-state index contributed by atoms with van der Waals surface area (Å²) in [5.41, 5.74) is 1.90. The first-order chi connectivity index (χ1) is 12.9. The molecule has 3 rings (SSSR count).